The van der Waals surface area contributed by atoms with Crippen LogP contribution in [0.4, 0.5) is 11.4 Å². The first kappa shape index (κ1) is 29.7. The Bertz CT molecular complexity index is 1060. The van der Waals surface area contributed by atoms with E-state index in [4.69, 9.17) is 4.99 Å². The predicted molar refractivity (Wildman–Crippen MR) is 168 cm³/mol. The van der Waals surface area contributed by atoms with E-state index in [2.05, 4.69) is 75.4 Å². The molecule has 0 saturated heterocycles. The summed E-state index contributed by atoms with van der Waals surface area (Å²) in [5, 5.41) is 5.30. The minimum atomic E-state index is -1.85. The molecular formula is C34H54N2Si. The molecule has 37 heavy (non-hydrogen) atoms. The van der Waals surface area contributed by atoms with Gasteiger partial charge in [0.25, 0.3) is 0 Å². The molecule has 0 aliphatic carbocycles. The van der Waals surface area contributed by atoms with Crippen molar-refractivity contribution in [1.29, 1.82) is 0 Å². The Morgan fingerprint density at radius 3 is 1.76 bits per heavy atom. The Kier molecular flexibility index (Phi) is 12.4. The third kappa shape index (κ3) is 8.84. The number of benzene rings is 2. The van der Waals surface area contributed by atoms with Gasteiger partial charge in [-0.25, -0.2) is 4.99 Å². The monoisotopic (exact) mass is 518 g/mol. The Morgan fingerprint density at radius 1 is 0.676 bits per heavy atom. The summed E-state index contributed by atoms with van der Waals surface area (Å²) >= 11 is 0. The van der Waals surface area contributed by atoms with Gasteiger partial charge in [-0.05, 0) is 45.9 Å². The smallest absolute Gasteiger partial charge is 0.120 e. The molecule has 1 unspecified atom stereocenters. The summed E-state index contributed by atoms with van der Waals surface area (Å²) in [5.74, 6) is 0. The van der Waals surface area contributed by atoms with Crippen molar-refractivity contribution >= 4 is 36.4 Å². The lowest BCUT2D eigenvalue weighted by Gasteiger charge is -2.33. The molecule has 0 fully saturated rings. The van der Waals surface area contributed by atoms with Crippen LogP contribution in [-0.2, 0) is 0 Å². The van der Waals surface area contributed by atoms with Gasteiger partial charge in [-0.3, -0.25) is 0 Å². The fourth-order valence-electron chi connectivity index (χ4n) is 6.04. The van der Waals surface area contributed by atoms with E-state index in [0.717, 1.165) is 5.22 Å². The van der Waals surface area contributed by atoms with Crippen LogP contribution >= 0.6 is 0 Å². The Hall–Kier alpha value is -1.87. The molecule has 2 aromatic rings. The van der Waals surface area contributed by atoms with E-state index < -0.39 is 8.07 Å². The third-order valence-corrected chi connectivity index (χ3v) is 13.0. The van der Waals surface area contributed by atoms with Crippen molar-refractivity contribution in [1.82, 2.24) is 0 Å². The van der Waals surface area contributed by atoms with Gasteiger partial charge in [0.1, 0.15) is 8.07 Å². The summed E-state index contributed by atoms with van der Waals surface area (Å²) in [5.41, 5.74) is 2.48. The van der Waals surface area contributed by atoms with Gasteiger partial charge in [-0.15, -0.1) is 0 Å². The van der Waals surface area contributed by atoms with Crippen LogP contribution in [0.15, 0.2) is 41.4 Å². The summed E-state index contributed by atoms with van der Waals surface area (Å²) in [6, 6.07) is 14.8. The van der Waals surface area contributed by atoms with Crippen LogP contribution in [0, 0.1) is 0 Å². The number of nitrogens with zero attached hydrogens (tertiary/aromatic N) is 2. The molecule has 0 N–H and O–H groups in total. The normalized spacial score (nSPS) is 16.2. The minimum absolute atomic E-state index is 1.12. The summed E-state index contributed by atoms with van der Waals surface area (Å²) < 4.78 is 0. The SMILES string of the molecule is C=c1ccc2c(c1)[Si](C)(CCCCCCCCCCCCCCCCCC)c1cc(N(C)C)ccc1N=2. The highest BCUT2D eigenvalue weighted by Gasteiger charge is 2.37. The van der Waals surface area contributed by atoms with E-state index >= 15 is 0 Å². The average Bonchev–Trinajstić information content (AvgIpc) is 2.89. The summed E-state index contributed by atoms with van der Waals surface area (Å²) in [7, 11) is 2.42. The molecule has 0 aromatic heterocycles. The molecule has 0 bridgehead atoms. The highest BCUT2D eigenvalue weighted by atomic mass is 28.3. The highest BCUT2D eigenvalue weighted by Crippen LogP contribution is 2.26. The highest BCUT2D eigenvalue weighted by molar-refractivity contribution is 7.02. The van der Waals surface area contributed by atoms with Crippen molar-refractivity contribution in [2.75, 3.05) is 19.0 Å². The predicted octanol–water partition coefficient (Wildman–Crippen LogP) is 7.88. The van der Waals surface area contributed by atoms with Gasteiger partial charge < -0.3 is 4.90 Å². The van der Waals surface area contributed by atoms with E-state index in [0.29, 0.717) is 0 Å². The van der Waals surface area contributed by atoms with E-state index in [1.54, 1.807) is 0 Å². The zero-order valence-corrected chi connectivity index (χ0v) is 25.6. The molecule has 0 radical (unpaired) electrons. The standard InChI is InChI=1S/C34H54N2Si/c1-6-7-8-9-10-11-12-13-14-15-16-17-18-19-20-21-26-37(5)33-27-29(2)22-24-31(33)35-32-25-23-30(36(3)4)28-34(32)37/h22-25,27-28H,2,6-21,26H2,1,3-5H3. The Balaban J connectivity index is 1.40. The molecule has 3 rings (SSSR count). The van der Waals surface area contributed by atoms with Crippen LogP contribution in [0.25, 0.3) is 6.58 Å². The van der Waals surface area contributed by atoms with Crippen LogP contribution in [0.5, 0.6) is 0 Å². The van der Waals surface area contributed by atoms with Gasteiger partial charge in [0.15, 0.2) is 0 Å². The van der Waals surface area contributed by atoms with Crippen molar-refractivity contribution in [2.45, 2.75) is 122 Å². The average molecular weight is 519 g/mol. The van der Waals surface area contributed by atoms with Gasteiger partial charge in [0.05, 0.1) is 11.0 Å². The zero-order chi connectivity index (χ0) is 26.5. The van der Waals surface area contributed by atoms with Crippen molar-refractivity contribution < 1.29 is 0 Å². The van der Waals surface area contributed by atoms with Gasteiger partial charge in [0, 0.05) is 19.8 Å². The fourth-order valence-corrected chi connectivity index (χ4v) is 10.2. The number of fused-ring (bicyclic) bond motifs is 2. The molecule has 1 aliphatic rings. The molecule has 0 amide bonds. The molecule has 3 heteroatoms. The third-order valence-electron chi connectivity index (χ3n) is 8.52. The molecular weight excluding hydrogens is 464 g/mol. The molecule has 204 valence electrons. The molecule has 2 aromatic carbocycles. The van der Waals surface area contributed by atoms with Crippen LogP contribution in [0.1, 0.15) is 110 Å². The largest absolute Gasteiger partial charge is 0.378 e. The Morgan fingerprint density at radius 2 is 1.22 bits per heavy atom. The van der Waals surface area contributed by atoms with Gasteiger partial charge in [-0.1, -0.05) is 135 Å². The molecule has 1 aliphatic heterocycles. The lowest BCUT2D eigenvalue weighted by molar-refractivity contribution is 0.531. The second-order valence-electron chi connectivity index (χ2n) is 11.9. The van der Waals surface area contributed by atoms with Crippen molar-refractivity contribution in [2.24, 2.45) is 4.99 Å². The molecule has 0 saturated carbocycles. The number of unbranched alkanes of at least 4 members (excludes halogenated alkanes) is 15. The topological polar surface area (TPSA) is 15.6 Å². The molecule has 1 atom stereocenters. The number of hydrogen-bond acceptors (Lipinski definition) is 2. The first-order chi connectivity index (χ1) is 18.0. The number of hydrogen-bond donors (Lipinski definition) is 0. The van der Waals surface area contributed by atoms with Crippen LogP contribution in [0.3, 0.4) is 0 Å². The van der Waals surface area contributed by atoms with Crippen LogP contribution < -0.4 is 25.8 Å². The quantitative estimate of drug-likeness (QED) is 0.145. The maximum absolute atomic E-state index is 5.06. The van der Waals surface area contributed by atoms with E-state index in [1.165, 1.54) is 136 Å². The second-order valence-corrected chi connectivity index (χ2v) is 16.2. The van der Waals surface area contributed by atoms with Gasteiger partial charge in [-0.2, -0.15) is 0 Å². The molecule has 0 spiro atoms. The van der Waals surface area contributed by atoms with Gasteiger partial charge >= 0.3 is 0 Å². The second kappa shape index (κ2) is 15.5. The van der Waals surface area contributed by atoms with Crippen LogP contribution in [0.2, 0.25) is 12.6 Å². The maximum atomic E-state index is 5.06. The van der Waals surface area contributed by atoms with E-state index in [1.807, 2.05) is 0 Å². The number of rotatable bonds is 18. The minimum Gasteiger partial charge on any atom is -0.378 e. The van der Waals surface area contributed by atoms with Crippen LogP contribution in [-0.4, -0.2) is 22.2 Å². The zero-order valence-electron chi connectivity index (χ0n) is 24.6. The fraction of sp³-hybridized carbons (Fsp3) is 0.618. The first-order valence-electron chi connectivity index (χ1n) is 15.5. The van der Waals surface area contributed by atoms with Crippen molar-refractivity contribution in [3.63, 3.8) is 0 Å². The van der Waals surface area contributed by atoms with E-state index in [-0.39, 0.29) is 0 Å². The summed E-state index contributed by atoms with van der Waals surface area (Å²) in [6.45, 7) is 9.12. The van der Waals surface area contributed by atoms with E-state index in [9.17, 15) is 0 Å². The lowest BCUT2D eigenvalue weighted by Crippen LogP contribution is -2.63. The number of anilines is 1. The Labute approximate surface area is 229 Å². The van der Waals surface area contributed by atoms with Crippen molar-refractivity contribution in [3.05, 3.63) is 47.0 Å². The molecule has 2 nitrogen and oxygen atoms in total. The van der Waals surface area contributed by atoms with Gasteiger partial charge in [0.2, 0.25) is 0 Å². The molecule has 1 heterocycles. The summed E-state index contributed by atoms with van der Waals surface area (Å²) in [4.78, 5) is 7.28. The lowest BCUT2D eigenvalue weighted by atomic mass is 10.0. The van der Waals surface area contributed by atoms with Crippen molar-refractivity contribution in [3.8, 4) is 0 Å². The summed E-state index contributed by atoms with van der Waals surface area (Å²) in [6.07, 6.45) is 22.8. The first-order valence-corrected chi connectivity index (χ1v) is 18.2. The maximum Gasteiger partial charge on any atom is 0.120 e.